The Morgan fingerprint density at radius 1 is 1.50 bits per heavy atom. The smallest absolute Gasteiger partial charge is 0.227 e. The zero-order chi connectivity index (χ0) is 13.0. The van der Waals surface area contributed by atoms with Crippen molar-refractivity contribution in [2.45, 2.75) is 20.3 Å². The first-order chi connectivity index (χ1) is 8.70. The number of pyridine rings is 1. The monoisotopic (exact) mass is 245 g/mol. The minimum Gasteiger partial charge on any atom is -0.324 e. The van der Waals surface area contributed by atoms with Crippen LogP contribution in [0.2, 0.25) is 0 Å². The molecule has 0 aromatic carbocycles. The summed E-state index contributed by atoms with van der Waals surface area (Å²) in [6.07, 6.45) is 5.44. The zero-order valence-electron chi connectivity index (χ0n) is 10.4. The van der Waals surface area contributed by atoms with E-state index in [-0.39, 0.29) is 11.8 Å². The number of nitrogens with zero attached hydrogens (tertiary/aromatic N) is 4. The van der Waals surface area contributed by atoms with Gasteiger partial charge in [0.05, 0.1) is 11.9 Å². The lowest BCUT2D eigenvalue weighted by Gasteiger charge is -2.09. The lowest BCUT2D eigenvalue weighted by molar-refractivity contribution is -0.119. The molecule has 1 atom stereocenters. The van der Waals surface area contributed by atoms with Gasteiger partial charge in [0.25, 0.3) is 0 Å². The lowest BCUT2D eigenvalue weighted by atomic mass is 10.1. The molecule has 94 valence electrons. The molecule has 0 saturated carbocycles. The molecule has 0 aliphatic rings. The maximum Gasteiger partial charge on any atom is 0.227 e. The molecule has 1 amide bonds. The summed E-state index contributed by atoms with van der Waals surface area (Å²) in [7, 11) is 0. The van der Waals surface area contributed by atoms with Crippen LogP contribution >= 0.6 is 0 Å². The largest absolute Gasteiger partial charge is 0.324 e. The van der Waals surface area contributed by atoms with Crippen molar-refractivity contribution in [1.82, 2.24) is 19.7 Å². The van der Waals surface area contributed by atoms with Crippen molar-refractivity contribution < 1.29 is 4.79 Å². The molecular formula is C12H15N5O. The van der Waals surface area contributed by atoms with Crippen LogP contribution in [-0.2, 0) is 4.79 Å². The first-order valence-electron chi connectivity index (χ1n) is 5.82. The van der Waals surface area contributed by atoms with E-state index < -0.39 is 0 Å². The summed E-state index contributed by atoms with van der Waals surface area (Å²) < 4.78 is 1.56. The highest BCUT2D eigenvalue weighted by Gasteiger charge is 2.10. The number of hydrogen-bond acceptors (Lipinski definition) is 4. The topological polar surface area (TPSA) is 72.7 Å². The van der Waals surface area contributed by atoms with Gasteiger partial charge in [-0.2, -0.15) is 5.10 Å². The maximum absolute atomic E-state index is 11.7. The summed E-state index contributed by atoms with van der Waals surface area (Å²) >= 11 is 0. The van der Waals surface area contributed by atoms with E-state index >= 15 is 0 Å². The van der Waals surface area contributed by atoms with Crippen molar-refractivity contribution in [3.8, 4) is 5.82 Å². The Bertz CT molecular complexity index is 506. The van der Waals surface area contributed by atoms with Crippen molar-refractivity contribution in [1.29, 1.82) is 0 Å². The van der Waals surface area contributed by atoms with E-state index in [0.29, 0.717) is 11.5 Å². The molecule has 2 heterocycles. The standard InChI is InChI=1S/C12H15N5O/c1-3-9(2)12(18)16-10-4-5-11(14-6-10)17-8-13-7-15-17/h4-9H,3H2,1-2H3,(H,16,18)/t9-/m0/s1. The predicted molar refractivity (Wildman–Crippen MR) is 67.2 cm³/mol. The second kappa shape index (κ2) is 5.39. The zero-order valence-corrected chi connectivity index (χ0v) is 10.4. The Morgan fingerprint density at radius 3 is 2.89 bits per heavy atom. The van der Waals surface area contributed by atoms with Gasteiger partial charge >= 0.3 is 0 Å². The number of amides is 1. The number of carbonyl (C=O) groups excluding carboxylic acids is 1. The van der Waals surface area contributed by atoms with Crippen LogP contribution in [-0.4, -0.2) is 25.7 Å². The summed E-state index contributed by atoms with van der Waals surface area (Å²) in [4.78, 5) is 19.7. The molecule has 6 nitrogen and oxygen atoms in total. The van der Waals surface area contributed by atoms with Gasteiger partial charge in [0.1, 0.15) is 12.7 Å². The van der Waals surface area contributed by atoms with E-state index in [9.17, 15) is 4.79 Å². The van der Waals surface area contributed by atoms with E-state index in [4.69, 9.17) is 0 Å². The average Bonchev–Trinajstić information content (AvgIpc) is 2.92. The van der Waals surface area contributed by atoms with Crippen LogP contribution in [0.1, 0.15) is 20.3 Å². The SMILES string of the molecule is CC[C@H](C)C(=O)Nc1ccc(-n2cncn2)nc1. The van der Waals surface area contributed by atoms with Crippen LogP contribution in [0.4, 0.5) is 5.69 Å². The Hall–Kier alpha value is -2.24. The van der Waals surface area contributed by atoms with Gasteiger partial charge in [-0.15, -0.1) is 0 Å². The normalized spacial score (nSPS) is 12.1. The lowest BCUT2D eigenvalue weighted by Crippen LogP contribution is -2.19. The van der Waals surface area contributed by atoms with E-state index in [2.05, 4.69) is 20.4 Å². The van der Waals surface area contributed by atoms with Crippen molar-refractivity contribution in [2.75, 3.05) is 5.32 Å². The molecule has 1 N–H and O–H groups in total. The molecule has 0 bridgehead atoms. The Balaban J connectivity index is 2.06. The van der Waals surface area contributed by atoms with E-state index in [0.717, 1.165) is 6.42 Å². The third-order valence-corrected chi connectivity index (χ3v) is 2.73. The molecule has 2 rings (SSSR count). The van der Waals surface area contributed by atoms with Crippen LogP contribution in [0.5, 0.6) is 0 Å². The number of hydrogen-bond donors (Lipinski definition) is 1. The fourth-order valence-electron chi connectivity index (χ4n) is 1.37. The van der Waals surface area contributed by atoms with Gasteiger partial charge in [-0.3, -0.25) is 4.79 Å². The Labute approximate surface area is 105 Å². The number of rotatable bonds is 4. The van der Waals surface area contributed by atoms with Gasteiger partial charge in [0.2, 0.25) is 5.91 Å². The van der Waals surface area contributed by atoms with Crippen molar-refractivity contribution in [3.05, 3.63) is 31.0 Å². The van der Waals surface area contributed by atoms with Gasteiger partial charge in [-0.1, -0.05) is 13.8 Å². The van der Waals surface area contributed by atoms with Gasteiger partial charge in [0, 0.05) is 5.92 Å². The van der Waals surface area contributed by atoms with Crippen molar-refractivity contribution in [2.24, 2.45) is 5.92 Å². The van der Waals surface area contributed by atoms with E-state index in [1.807, 2.05) is 13.8 Å². The van der Waals surface area contributed by atoms with Crippen LogP contribution in [0.3, 0.4) is 0 Å². The molecule has 6 heteroatoms. The molecule has 2 aromatic rings. The minimum atomic E-state index is -0.00000745. The van der Waals surface area contributed by atoms with Crippen LogP contribution in [0.25, 0.3) is 5.82 Å². The average molecular weight is 245 g/mol. The molecule has 18 heavy (non-hydrogen) atoms. The summed E-state index contributed by atoms with van der Waals surface area (Å²) in [5, 5.41) is 6.79. The quantitative estimate of drug-likeness (QED) is 0.888. The first kappa shape index (κ1) is 12.2. The fourth-order valence-corrected chi connectivity index (χ4v) is 1.37. The van der Waals surface area contributed by atoms with E-state index in [1.165, 1.54) is 6.33 Å². The molecule has 0 saturated heterocycles. The molecule has 0 fully saturated rings. The third kappa shape index (κ3) is 2.71. The summed E-state index contributed by atoms with van der Waals surface area (Å²) in [6.45, 7) is 3.88. The number of aromatic nitrogens is 4. The summed E-state index contributed by atoms with van der Waals surface area (Å²) in [5.74, 6) is 0.668. The number of nitrogens with one attached hydrogen (secondary N) is 1. The predicted octanol–water partition coefficient (Wildman–Crippen LogP) is 1.65. The molecule has 0 radical (unpaired) electrons. The van der Waals surface area contributed by atoms with Gasteiger partial charge in [-0.25, -0.2) is 14.6 Å². The molecule has 2 aromatic heterocycles. The van der Waals surface area contributed by atoms with Gasteiger partial charge in [-0.05, 0) is 18.6 Å². The Morgan fingerprint density at radius 2 is 2.33 bits per heavy atom. The molecular weight excluding hydrogens is 230 g/mol. The maximum atomic E-state index is 11.7. The molecule has 0 aliphatic carbocycles. The minimum absolute atomic E-state index is 0.00000745. The van der Waals surface area contributed by atoms with Crippen LogP contribution < -0.4 is 5.32 Å². The van der Waals surface area contributed by atoms with Crippen LogP contribution in [0, 0.1) is 5.92 Å². The summed E-state index contributed by atoms with van der Waals surface area (Å²) in [6, 6.07) is 3.57. The first-order valence-corrected chi connectivity index (χ1v) is 5.82. The molecule has 0 unspecified atom stereocenters. The highest BCUT2D eigenvalue weighted by atomic mass is 16.1. The Kier molecular flexibility index (Phi) is 3.66. The number of anilines is 1. The fraction of sp³-hybridized carbons (Fsp3) is 0.333. The van der Waals surface area contributed by atoms with Crippen molar-refractivity contribution in [3.63, 3.8) is 0 Å². The van der Waals surface area contributed by atoms with Gasteiger partial charge < -0.3 is 5.32 Å². The highest BCUT2D eigenvalue weighted by molar-refractivity contribution is 5.92. The van der Waals surface area contributed by atoms with E-state index in [1.54, 1.807) is 29.3 Å². The highest BCUT2D eigenvalue weighted by Crippen LogP contribution is 2.11. The summed E-state index contributed by atoms with van der Waals surface area (Å²) in [5.41, 5.74) is 0.684. The third-order valence-electron chi connectivity index (χ3n) is 2.73. The van der Waals surface area contributed by atoms with Crippen molar-refractivity contribution >= 4 is 11.6 Å². The number of carbonyl (C=O) groups is 1. The second-order valence-electron chi connectivity index (χ2n) is 4.04. The van der Waals surface area contributed by atoms with Crippen LogP contribution in [0.15, 0.2) is 31.0 Å². The molecule has 0 aliphatic heterocycles. The van der Waals surface area contributed by atoms with Gasteiger partial charge in [0.15, 0.2) is 5.82 Å². The molecule has 0 spiro atoms. The second-order valence-corrected chi connectivity index (χ2v) is 4.04.